The first kappa shape index (κ1) is 17.0. The van der Waals surface area contributed by atoms with E-state index in [4.69, 9.17) is 16.7 Å². The van der Waals surface area contributed by atoms with E-state index in [-0.39, 0.29) is 5.92 Å². The number of anilines is 1. The van der Waals surface area contributed by atoms with Crippen LogP contribution in [-0.4, -0.2) is 43.9 Å². The smallest absolute Gasteiger partial charge is 0.180 e. The molecule has 0 radical (unpaired) electrons. The molecule has 0 aromatic carbocycles. The van der Waals surface area contributed by atoms with Gasteiger partial charge in [0.25, 0.3) is 0 Å². The second-order valence-electron chi connectivity index (χ2n) is 5.75. The highest BCUT2D eigenvalue weighted by Gasteiger charge is 2.35. The van der Waals surface area contributed by atoms with Crippen molar-refractivity contribution in [1.29, 1.82) is 0 Å². The fourth-order valence-corrected chi connectivity index (χ4v) is 2.84. The predicted molar refractivity (Wildman–Crippen MR) is 88.0 cm³/mol. The average Bonchev–Trinajstić information content (AvgIpc) is 3.02. The summed E-state index contributed by atoms with van der Waals surface area (Å²) in [6.45, 7) is 6.90. The van der Waals surface area contributed by atoms with Crippen LogP contribution in [0.4, 0.5) is 5.69 Å². The number of H-pyrrole nitrogens is 1. The third-order valence-corrected chi connectivity index (χ3v) is 4.37. The number of halogens is 1. The number of aromatic nitrogens is 3. The molecule has 4 unspecified atom stereocenters. The van der Waals surface area contributed by atoms with Crippen molar-refractivity contribution >= 4 is 28.5 Å². The number of hydrogen-bond donors (Lipinski definition) is 4. The molecule has 4 atom stereocenters. The van der Waals surface area contributed by atoms with Crippen LogP contribution in [0.3, 0.4) is 0 Å². The van der Waals surface area contributed by atoms with Crippen molar-refractivity contribution in [1.82, 2.24) is 15.0 Å². The number of fused-ring (bicyclic) bond motifs is 1. The van der Waals surface area contributed by atoms with Crippen molar-refractivity contribution in [2.45, 2.75) is 39.4 Å². The summed E-state index contributed by atoms with van der Waals surface area (Å²) in [6.07, 6.45) is 1.40. The third-order valence-electron chi connectivity index (χ3n) is 4.18. The van der Waals surface area contributed by atoms with E-state index in [2.05, 4.69) is 27.2 Å². The monoisotopic (exact) mass is 326 g/mol. The Hall–Kier alpha value is -1.37. The fraction of sp³-hybridized carbons (Fsp3) is 0.600. The Morgan fingerprint density at radius 3 is 2.64 bits per heavy atom. The lowest BCUT2D eigenvalue weighted by molar-refractivity contribution is 0.0236. The van der Waals surface area contributed by atoms with Crippen LogP contribution in [0.2, 0.25) is 5.15 Å². The van der Waals surface area contributed by atoms with E-state index in [9.17, 15) is 5.11 Å². The predicted octanol–water partition coefficient (Wildman–Crippen LogP) is 2.43. The van der Waals surface area contributed by atoms with E-state index in [1.54, 1.807) is 12.4 Å². The van der Waals surface area contributed by atoms with Crippen LogP contribution in [0.15, 0.2) is 12.4 Å². The molecule has 1 saturated carbocycles. The van der Waals surface area contributed by atoms with Gasteiger partial charge in [0.15, 0.2) is 5.65 Å². The molecule has 122 valence electrons. The zero-order valence-corrected chi connectivity index (χ0v) is 13.8. The Morgan fingerprint density at radius 2 is 2.14 bits per heavy atom. The van der Waals surface area contributed by atoms with Gasteiger partial charge in [-0.1, -0.05) is 25.4 Å². The fourth-order valence-electron chi connectivity index (χ4n) is 2.65. The first-order valence-corrected chi connectivity index (χ1v) is 7.91. The van der Waals surface area contributed by atoms with Gasteiger partial charge in [-0.05, 0) is 25.2 Å². The molecular weight excluding hydrogens is 304 g/mol. The number of aliphatic hydroxyl groups is 2. The summed E-state index contributed by atoms with van der Waals surface area (Å²) >= 11 is 5.81. The summed E-state index contributed by atoms with van der Waals surface area (Å²) in [5.74, 6) is 0.731. The molecule has 6 nitrogen and oxygen atoms in total. The zero-order chi connectivity index (χ0) is 16.3. The maximum Gasteiger partial charge on any atom is 0.180 e. The van der Waals surface area contributed by atoms with Gasteiger partial charge in [-0.15, -0.1) is 0 Å². The third kappa shape index (κ3) is 3.69. The highest BCUT2D eigenvalue weighted by molar-refractivity contribution is 6.30. The summed E-state index contributed by atoms with van der Waals surface area (Å²) in [5, 5.41) is 21.9. The quantitative estimate of drug-likeness (QED) is 0.636. The van der Waals surface area contributed by atoms with Gasteiger partial charge in [0.05, 0.1) is 24.2 Å². The number of rotatable bonds is 2. The molecule has 2 aromatic rings. The van der Waals surface area contributed by atoms with Crippen LogP contribution in [0.1, 0.15) is 27.2 Å². The van der Waals surface area contributed by atoms with Gasteiger partial charge >= 0.3 is 0 Å². The van der Waals surface area contributed by atoms with Crippen LogP contribution in [-0.2, 0) is 0 Å². The maximum absolute atomic E-state index is 9.19. The SMILES string of the molecule is CC1CC(O)C(O)C1C.CCNc1cc(Cl)nc2nc[nH]c12. The van der Waals surface area contributed by atoms with Gasteiger partial charge in [-0.2, -0.15) is 0 Å². The van der Waals surface area contributed by atoms with Gasteiger partial charge in [0.2, 0.25) is 0 Å². The van der Waals surface area contributed by atoms with E-state index in [1.165, 1.54) is 0 Å². The minimum Gasteiger partial charge on any atom is -0.390 e. The summed E-state index contributed by atoms with van der Waals surface area (Å²) < 4.78 is 0. The highest BCUT2D eigenvalue weighted by atomic mass is 35.5. The van der Waals surface area contributed by atoms with Crippen molar-refractivity contribution in [3.63, 3.8) is 0 Å². The first-order valence-electron chi connectivity index (χ1n) is 7.53. The van der Waals surface area contributed by atoms with E-state index in [1.807, 2.05) is 13.8 Å². The van der Waals surface area contributed by atoms with Crippen molar-refractivity contribution in [2.24, 2.45) is 11.8 Å². The molecule has 1 aliphatic rings. The van der Waals surface area contributed by atoms with Crippen LogP contribution in [0.25, 0.3) is 11.2 Å². The summed E-state index contributed by atoms with van der Waals surface area (Å²) in [5.41, 5.74) is 2.48. The van der Waals surface area contributed by atoms with Crippen molar-refractivity contribution in [3.8, 4) is 0 Å². The molecule has 3 rings (SSSR count). The van der Waals surface area contributed by atoms with Crippen LogP contribution < -0.4 is 5.32 Å². The minimum absolute atomic E-state index is 0.264. The molecule has 0 amide bonds. The number of nitrogens with one attached hydrogen (secondary N) is 2. The van der Waals surface area contributed by atoms with Gasteiger partial charge in [0, 0.05) is 12.6 Å². The second-order valence-corrected chi connectivity index (χ2v) is 6.14. The molecule has 22 heavy (non-hydrogen) atoms. The lowest BCUT2D eigenvalue weighted by atomic mass is 10.00. The van der Waals surface area contributed by atoms with E-state index in [0.717, 1.165) is 24.2 Å². The van der Waals surface area contributed by atoms with Gasteiger partial charge in [-0.25, -0.2) is 9.97 Å². The molecule has 1 fully saturated rings. The molecule has 2 heterocycles. The molecule has 2 aromatic heterocycles. The number of nitrogens with zero attached hydrogens (tertiary/aromatic N) is 2. The standard InChI is InChI=1S/C8H9ClN4.C7H14O2/c1-2-10-5-3-6(9)13-8-7(5)11-4-12-8;1-4-3-6(8)7(9)5(4)2/h3-4H,2H2,1H3,(H2,10,11,12,13);4-9H,3H2,1-2H3. The largest absolute Gasteiger partial charge is 0.390 e. The van der Waals surface area contributed by atoms with E-state index >= 15 is 0 Å². The van der Waals surface area contributed by atoms with Gasteiger partial charge < -0.3 is 20.5 Å². The molecular formula is C15H23ClN4O2. The topological polar surface area (TPSA) is 94.1 Å². The van der Waals surface area contributed by atoms with Crippen LogP contribution in [0, 0.1) is 11.8 Å². The number of imidazole rings is 1. The highest BCUT2D eigenvalue weighted by Crippen LogP contribution is 2.31. The number of aliphatic hydroxyl groups excluding tert-OH is 2. The first-order chi connectivity index (χ1) is 10.4. The zero-order valence-electron chi connectivity index (χ0n) is 13.0. The summed E-state index contributed by atoms with van der Waals surface area (Å²) in [4.78, 5) is 11.1. The normalized spacial score (nSPS) is 27.5. The second kappa shape index (κ2) is 7.26. The van der Waals surface area contributed by atoms with E-state index in [0.29, 0.717) is 16.7 Å². The van der Waals surface area contributed by atoms with Crippen molar-refractivity contribution < 1.29 is 10.2 Å². The molecule has 7 heteroatoms. The number of hydrogen-bond acceptors (Lipinski definition) is 5. The summed E-state index contributed by atoms with van der Waals surface area (Å²) in [7, 11) is 0. The van der Waals surface area contributed by atoms with E-state index < -0.39 is 12.2 Å². The summed E-state index contributed by atoms with van der Waals surface area (Å²) in [6, 6.07) is 1.78. The van der Waals surface area contributed by atoms with Gasteiger partial charge in [0.1, 0.15) is 10.7 Å². The number of aromatic amines is 1. The average molecular weight is 327 g/mol. The van der Waals surface area contributed by atoms with Crippen LogP contribution >= 0.6 is 11.6 Å². The Morgan fingerprint density at radius 1 is 1.41 bits per heavy atom. The van der Waals surface area contributed by atoms with Gasteiger partial charge in [-0.3, -0.25) is 0 Å². The Labute approximate surface area is 134 Å². The number of pyridine rings is 1. The van der Waals surface area contributed by atoms with Crippen molar-refractivity contribution in [2.75, 3.05) is 11.9 Å². The van der Waals surface area contributed by atoms with Crippen molar-refractivity contribution in [3.05, 3.63) is 17.5 Å². The molecule has 0 spiro atoms. The molecule has 1 aliphatic carbocycles. The minimum atomic E-state index is -0.486. The Balaban J connectivity index is 0.000000172. The lowest BCUT2D eigenvalue weighted by Gasteiger charge is -2.12. The van der Waals surface area contributed by atoms with Crippen LogP contribution in [0.5, 0.6) is 0 Å². The lowest BCUT2D eigenvalue weighted by Crippen LogP contribution is -2.23. The maximum atomic E-state index is 9.19. The molecule has 0 saturated heterocycles. The Bertz CT molecular complexity index is 607. The molecule has 4 N–H and O–H groups in total. The molecule has 0 aliphatic heterocycles. The molecule has 0 bridgehead atoms. The Kier molecular flexibility index (Phi) is 5.61.